The fourth-order valence-electron chi connectivity index (χ4n) is 2.63. The first-order chi connectivity index (χ1) is 12.2. The molecule has 2 aromatic heterocycles. The fraction of sp³-hybridized carbons (Fsp3) is 0.222. The standard InChI is InChI=1S/C18H17BrN6/c19-17-16-6-2-4-10-25(16)24-18(17)23-15(13(11-20)12-21)8-7-14-5-1-3-9-22-14/h1,3,5,7-9,11H,2,4,6,10,20H2/b8-7+,13-11?,23-15?. The summed E-state index contributed by atoms with van der Waals surface area (Å²) in [6, 6.07) is 7.69. The van der Waals surface area contributed by atoms with E-state index in [0.29, 0.717) is 11.5 Å². The van der Waals surface area contributed by atoms with Gasteiger partial charge in [0.1, 0.15) is 6.07 Å². The quantitative estimate of drug-likeness (QED) is 0.631. The Morgan fingerprint density at radius 2 is 2.28 bits per heavy atom. The third-order valence-corrected chi connectivity index (χ3v) is 4.71. The summed E-state index contributed by atoms with van der Waals surface area (Å²) in [5.74, 6) is 0.562. The van der Waals surface area contributed by atoms with Crippen LogP contribution >= 0.6 is 15.9 Å². The van der Waals surface area contributed by atoms with Crippen molar-refractivity contribution in [2.45, 2.75) is 25.8 Å². The molecule has 0 radical (unpaired) electrons. The van der Waals surface area contributed by atoms with Gasteiger partial charge in [-0.3, -0.25) is 9.67 Å². The molecule has 3 rings (SSSR count). The highest BCUT2D eigenvalue weighted by Crippen LogP contribution is 2.32. The van der Waals surface area contributed by atoms with E-state index in [2.05, 4.69) is 37.1 Å². The Balaban J connectivity index is 2.00. The number of rotatable bonds is 4. The topological polar surface area (TPSA) is 92.9 Å². The first kappa shape index (κ1) is 17.1. The molecule has 0 spiro atoms. The van der Waals surface area contributed by atoms with Gasteiger partial charge in [-0.2, -0.15) is 10.4 Å². The molecule has 0 saturated heterocycles. The van der Waals surface area contributed by atoms with Crippen molar-refractivity contribution >= 4 is 33.5 Å². The van der Waals surface area contributed by atoms with E-state index in [1.807, 2.05) is 22.9 Å². The van der Waals surface area contributed by atoms with Gasteiger partial charge in [-0.15, -0.1) is 0 Å². The van der Waals surface area contributed by atoms with Gasteiger partial charge >= 0.3 is 0 Å². The molecule has 6 nitrogen and oxygen atoms in total. The first-order valence-corrected chi connectivity index (χ1v) is 8.77. The summed E-state index contributed by atoms with van der Waals surface area (Å²) < 4.78 is 2.86. The Morgan fingerprint density at radius 3 is 2.96 bits per heavy atom. The highest BCUT2D eigenvalue weighted by Gasteiger charge is 2.19. The number of aromatic nitrogens is 3. The van der Waals surface area contributed by atoms with Crippen LogP contribution in [0, 0.1) is 11.3 Å². The third kappa shape index (κ3) is 3.86. The summed E-state index contributed by atoms with van der Waals surface area (Å²) in [4.78, 5) is 8.81. The maximum absolute atomic E-state index is 9.34. The molecule has 0 amide bonds. The maximum Gasteiger partial charge on any atom is 0.189 e. The second-order valence-corrected chi connectivity index (χ2v) is 6.33. The largest absolute Gasteiger partial charge is 0.403 e. The van der Waals surface area contributed by atoms with Gasteiger partial charge < -0.3 is 5.73 Å². The molecule has 0 unspecified atom stereocenters. The molecule has 2 N–H and O–H groups in total. The molecule has 2 aromatic rings. The fourth-order valence-corrected chi connectivity index (χ4v) is 3.20. The first-order valence-electron chi connectivity index (χ1n) is 7.98. The van der Waals surface area contributed by atoms with Crippen LogP contribution in [-0.4, -0.2) is 20.5 Å². The smallest absolute Gasteiger partial charge is 0.189 e. The van der Waals surface area contributed by atoms with Crippen LogP contribution in [-0.2, 0) is 13.0 Å². The van der Waals surface area contributed by atoms with Crippen molar-refractivity contribution in [2.24, 2.45) is 10.7 Å². The minimum absolute atomic E-state index is 0.282. The van der Waals surface area contributed by atoms with Crippen LogP contribution in [0.2, 0.25) is 0 Å². The second kappa shape index (κ2) is 7.90. The second-order valence-electron chi connectivity index (χ2n) is 5.54. The van der Waals surface area contributed by atoms with Crippen LogP contribution in [0.15, 0.2) is 51.7 Å². The Hall–Kier alpha value is -2.72. The van der Waals surface area contributed by atoms with Gasteiger partial charge in [0.15, 0.2) is 5.82 Å². The predicted molar refractivity (Wildman–Crippen MR) is 101 cm³/mol. The highest BCUT2D eigenvalue weighted by atomic mass is 79.9. The monoisotopic (exact) mass is 396 g/mol. The third-order valence-electron chi connectivity index (χ3n) is 3.90. The average Bonchev–Trinajstić information content (AvgIpc) is 2.97. The van der Waals surface area contributed by atoms with Crippen LogP contribution in [0.4, 0.5) is 5.82 Å². The van der Waals surface area contributed by atoms with Gasteiger partial charge in [-0.1, -0.05) is 6.07 Å². The van der Waals surface area contributed by atoms with Crippen molar-refractivity contribution in [3.05, 3.63) is 58.1 Å². The summed E-state index contributed by atoms with van der Waals surface area (Å²) in [6.45, 7) is 0.889. The van der Waals surface area contributed by atoms with E-state index in [0.717, 1.165) is 41.7 Å². The predicted octanol–water partition coefficient (Wildman–Crippen LogP) is 3.53. The zero-order valence-corrected chi connectivity index (χ0v) is 15.1. The summed E-state index contributed by atoms with van der Waals surface area (Å²) in [6.07, 6.45) is 9.72. The van der Waals surface area contributed by atoms with E-state index in [-0.39, 0.29) is 5.57 Å². The number of pyridine rings is 1. The number of halogens is 1. The Labute approximate surface area is 154 Å². The Morgan fingerprint density at radius 1 is 1.40 bits per heavy atom. The summed E-state index contributed by atoms with van der Waals surface area (Å²) in [7, 11) is 0. The SMILES string of the molecule is N#CC(=CN)C(/C=C/c1ccccn1)=Nc1nn2c(c1Br)CCCC2. The van der Waals surface area contributed by atoms with E-state index in [4.69, 9.17) is 5.73 Å². The average molecular weight is 397 g/mol. The lowest BCUT2D eigenvalue weighted by Crippen LogP contribution is -2.10. The molecule has 1 aliphatic rings. The number of nitriles is 1. The van der Waals surface area contributed by atoms with Crippen molar-refractivity contribution in [3.63, 3.8) is 0 Å². The molecule has 3 heterocycles. The number of aryl methyl sites for hydroxylation is 1. The van der Waals surface area contributed by atoms with Crippen LogP contribution < -0.4 is 5.73 Å². The zero-order valence-electron chi connectivity index (χ0n) is 13.6. The Kier molecular flexibility index (Phi) is 5.41. The molecule has 0 aromatic carbocycles. The van der Waals surface area contributed by atoms with Gasteiger partial charge in [0.2, 0.25) is 0 Å². The molecule has 7 heteroatoms. The van der Waals surface area contributed by atoms with Crippen LogP contribution in [0.25, 0.3) is 6.08 Å². The lowest BCUT2D eigenvalue weighted by Gasteiger charge is -2.12. The number of allylic oxidation sites excluding steroid dienone is 2. The van der Waals surface area contributed by atoms with Gasteiger partial charge in [0.05, 0.1) is 27.1 Å². The normalized spacial score (nSPS) is 15.2. The summed E-state index contributed by atoms with van der Waals surface area (Å²) in [5.41, 5.74) is 8.24. The van der Waals surface area contributed by atoms with E-state index >= 15 is 0 Å². The number of fused-ring (bicyclic) bond motifs is 1. The van der Waals surface area contributed by atoms with Crippen molar-refractivity contribution in [1.82, 2.24) is 14.8 Å². The minimum Gasteiger partial charge on any atom is -0.403 e. The molecular weight excluding hydrogens is 380 g/mol. The maximum atomic E-state index is 9.34. The van der Waals surface area contributed by atoms with Crippen molar-refractivity contribution in [1.29, 1.82) is 5.26 Å². The molecule has 0 bridgehead atoms. The molecule has 1 aliphatic heterocycles. The number of hydrogen-bond acceptors (Lipinski definition) is 5. The van der Waals surface area contributed by atoms with E-state index in [9.17, 15) is 5.26 Å². The van der Waals surface area contributed by atoms with Crippen molar-refractivity contribution < 1.29 is 0 Å². The molecule has 0 saturated carbocycles. The number of aliphatic imine (C=N–C) groups is 1. The molecule has 0 atom stereocenters. The highest BCUT2D eigenvalue weighted by molar-refractivity contribution is 9.10. The molecule has 0 fully saturated rings. The van der Waals surface area contributed by atoms with Gasteiger partial charge in [0, 0.05) is 18.9 Å². The molecular formula is C18H17BrN6. The molecule has 126 valence electrons. The van der Waals surface area contributed by atoms with Crippen LogP contribution in [0.1, 0.15) is 24.2 Å². The lowest BCUT2D eigenvalue weighted by molar-refractivity contribution is 0.486. The number of hydrogen-bond donors (Lipinski definition) is 1. The zero-order chi connectivity index (χ0) is 17.6. The van der Waals surface area contributed by atoms with E-state index < -0.39 is 0 Å². The summed E-state index contributed by atoms with van der Waals surface area (Å²) in [5, 5.41) is 13.9. The molecule has 25 heavy (non-hydrogen) atoms. The summed E-state index contributed by atoms with van der Waals surface area (Å²) >= 11 is 3.59. The van der Waals surface area contributed by atoms with Crippen molar-refractivity contribution in [3.8, 4) is 6.07 Å². The lowest BCUT2D eigenvalue weighted by atomic mass is 10.1. The van der Waals surface area contributed by atoms with Crippen molar-refractivity contribution in [2.75, 3.05) is 0 Å². The number of nitrogens with zero attached hydrogens (tertiary/aromatic N) is 5. The molecule has 0 aliphatic carbocycles. The van der Waals surface area contributed by atoms with E-state index in [1.165, 1.54) is 6.20 Å². The van der Waals surface area contributed by atoms with E-state index in [1.54, 1.807) is 18.3 Å². The van der Waals surface area contributed by atoms with Gasteiger partial charge in [0.25, 0.3) is 0 Å². The number of nitrogens with two attached hydrogens (primary N) is 1. The van der Waals surface area contributed by atoms with Crippen LogP contribution in [0.3, 0.4) is 0 Å². The van der Waals surface area contributed by atoms with Gasteiger partial charge in [-0.25, -0.2) is 4.99 Å². The van der Waals surface area contributed by atoms with Gasteiger partial charge in [-0.05, 0) is 59.5 Å². The van der Waals surface area contributed by atoms with Crippen LogP contribution in [0.5, 0.6) is 0 Å². The minimum atomic E-state index is 0.282. The Bertz CT molecular complexity index is 886.